The number of nitrogens with zero attached hydrogens (tertiary/aromatic N) is 3. The Bertz CT molecular complexity index is 403. The maximum absolute atomic E-state index is 10.6. The van der Waals surface area contributed by atoms with E-state index in [4.69, 9.17) is 10.5 Å². The van der Waals surface area contributed by atoms with Gasteiger partial charge in [-0.3, -0.25) is 10.3 Å². The topological polar surface area (TPSA) is 90.2 Å². The maximum Gasteiger partial charge on any atom is 0.354 e. The Morgan fingerprint density at radius 1 is 1.60 bits per heavy atom. The predicted octanol–water partition coefficient (Wildman–Crippen LogP) is 1.12. The van der Waals surface area contributed by atoms with Crippen molar-refractivity contribution in [2.45, 2.75) is 6.92 Å². The summed E-state index contributed by atoms with van der Waals surface area (Å²) in [6.45, 7) is 1.79. The standard InChI is InChI=1S/C9H10N4O2/c1-2-3-13(5-10)8-4-7(9(14)15)11-6-12-8/h2-6,10H,1H3,(H,14,15)/b3-2-,10-5?. The number of allylic oxidation sites excluding steroid dienone is 1. The van der Waals surface area contributed by atoms with Crippen LogP contribution in [0.1, 0.15) is 17.4 Å². The van der Waals surface area contributed by atoms with Crippen molar-refractivity contribution in [1.82, 2.24) is 9.97 Å². The summed E-state index contributed by atoms with van der Waals surface area (Å²) in [7, 11) is 0. The molecule has 1 aromatic heterocycles. The first-order chi connectivity index (χ1) is 7.19. The molecule has 0 aromatic carbocycles. The number of rotatable bonds is 4. The van der Waals surface area contributed by atoms with E-state index in [9.17, 15) is 4.79 Å². The van der Waals surface area contributed by atoms with E-state index >= 15 is 0 Å². The van der Waals surface area contributed by atoms with Gasteiger partial charge < -0.3 is 5.11 Å². The molecule has 0 saturated carbocycles. The number of nitrogens with one attached hydrogen (secondary N) is 1. The van der Waals surface area contributed by atoms with Crippen LogP contribution in [-0.2, 0) is 0 Å². The van der Waals surface area contributed by atoms with Gasteiger partial charge in [0.15, 0.2) is 5.69 Å². The Kier molecular flexibility index (Phi) is 3.50. The second-order valence-electron chi connectivity index (χ2n) is 2.59. The molecule has 0 aliphatic rings. The predicted molar refractivity (Wildman–Crippen MR) is 55.1 cm³/mol. The number of anilines is 1. The van der Waals surface area contributed by atoms with Gasteiger partial charge in [-0.05, 0) is 6.92 Å². The molecule has 0 saturated heterocycles. The molecule has 1 heterocycles. The summed E-state index contributed by atoms with van der Waals surface area (Å²) in [6.07, 6.45) is 5.50. The van der Waals surface area contributed by atoms with Gasteiger partial charge in [0.1, 0.15) is 12.1 Å². The second-order valence-corrected chi connectivity index (χ2v) is 2.59. The fraction of sp³-hybridized carbons (Fsp3) is 0.111. The molecule has 0 fully saturated rings. The molecule has 0 spiro atoms. The highest BCUT2D eigenvalue weighted by Crippen LogP contribution is 2.09. The van der Waals surface area contributed by atoms with Crippen LogP contribution in [0.4, 0.5) is 5.82 Å². The molecular formula is C9H10N4O2. The Morgan fingerprint density at radius 2 is 2.33 bits per heavy atom. The highest BCUT2D eigenvalue weighted by atomic mass is 16.4. The summed E-state index contributed by atoms with van der Waals surface area (Å²) < 4.78 is 0. The van der Waals surface area contributed by atoms with Crippen LogP contribution in [-0.4, -0.2) is 27.4 Å². The van der Waals surface area contributed by atoms with Crippen LogP contribution >= 0.6 is 0 Å². The lowest BCUT2D eigenvalue weighted by Crippen LogP contribution is -2.15. The number of hydrogen-bond acceptors (Lipinski definition) is 4. The van der Waals surface area contributed by atoms with E-state index in [0.29, 0.717) is 5.82 Å². The SMILES string of the molecule is C/C=C\N(C=N)c1cc(C(=O)O)ncn1. The fourth-order valence-electron chi connectivity index (χ4n) is 0.951. The van der Waals surface area contributed by atoms with Crippen molar-refractivity contribution in [3.8, 4) is 0 Å². The second kappa shape index (κ2) is 4.85. The zero-order valence-corrected chi connectivity index (χ0v) is 8.08. The normalized spacial score (nSPS) is 10.2. The van der Waals surface area contributed by atoms with E-state index in [2.05, 4.69) is 9.97 Å². The van der Waals surface area contributed by atoms with Gasteiger partial charge in [-0.25, -0.2) is 14.8 Å². The number of aromatic nitrogens is 2. The third-order valence-corrected chi connectivity index (χ3v) is 1.59. The van der Waals surface area contributed by atoms with E-state index in [0.717, 1.165) is 12.7 Å². The van der Waals surface area contributed by atoms with Crippen molar-refractivity contribution < 1.29 is 9.90 Å². The highest BCUT2D eigenvalue weighted by molar-refractivity contribution is 5.87. The lowest BCUT2D eigenvalue weighted by molar-refractivity contribution is 0.0690. The molecule has 1 aromatic rings. The Hall–Kier alpha value is -2.24. The average Bonchev–Trinajstić information content (AvgIpc) is 2.26. The van der Waals surface area contributed by atoms with Crippen LogP contribution in [0, 0.1) is 5.41 Å². The van der Waals surface area contributed by atoms with Crippen molar-refractivity contribution in [3.63, 3.8) is 0 Å². The first kappa shape index (κ1) is 10.8. The van der Waals surface area contributed by atoms with Crippen molar-refractivity contribution in [2.24, 2.45) is 0 Å². The third kappa shape index (κ3) is 2.60. The van der Waals surface area contributed by atoms with Crippen LogP contribution in [0.25, 0.3) is 0 Å². The molecule has 6 heteroatoms. The molecular weight excluding hydrogens is 196 g/mol. The van der Waals surface area contributed by atoms with Gasteiger partial charge in [0.05, 0.1) is 6.34 Å². The van der Waals surface area contributed by atoms with E-state index < -0.39 is 5.97 Å². The van der Waals surface area contributed by atoms with Gasteiger partial charge >= 0.3 is 5.97 Å². The highest BCUT2D eigenvalue weighted by Gasteiger charge is 2.08. The minimum atomic E-state index is -1.12. The molecule has 0 aliphatic carbocycles. The number of carbonyl (C=O) groups is 1. The van der Waals surface area contributed by atoms with Crippen LogP contribution in [0.5, 0.6) is 0 Å². The average molecular weight is 206 g/mol. The van der Waals surface area contributed by atoms with Crippen LogP contribution < -0.4 is 4.90 Å². The summed E-state index contributed by atoms with van der Waals surface area (Å²) in [5.74, 6) is -0.778. The third-order valence-electron chi connectivity index (χ3n) is 1.59. The monoisotopic (exact) mass is 206 g/mol. The molecule has 0 radical (unpaired) electrons. The van der Waals surface area contributed by atoms with Gasteiger partial charge in [-0.1, -0.05) is 6.08 Å². The molecule has 2 N–H and O–H groups in total. The van der Waals surface area contributed by atoms with Crippen LogP contribution in [0.2, 0.25) is 0 Å². The lowest BCUT2D eigenvalue weighted by Gasteiger charge is -2.11. The van der Waals surface area contributed by atoms with Crippen molar-refractivity contribution in [1.29, 1.82) is 5.41 Å². The number of carboxylic acids is 1. The van der Waals surface area contributed by atoms with Crippen molar-refractivity contribution in [2.75, 3.05) is 4.90 Å². The van der Waals surface area contributed by atoms with Crippen LogP contribution in [0.15, 0.2) is 24.7 Å². The summed E-state index contributed by atoms with van der Waals surface area (Å²) in [4.78, 5) is 19.5. The van der Waals surface area contributed by atoms with Gasteiger partial charge in [-0.2, -0.15) is 0 Å². The Labute approximate surface area is 86.4 Å². The van der Waals surface area contributed by atoms with Gasteiger partial charge in [0, 0.05) is 12.3 Å². The fourth-order valence-corrected chi connectivity index (χ4v) is 0.951. The lowest BCUT2D eigenvalue weighted by atomic mass is 10.4. The molecule has 0 amide bonds. The zero-order chi connectivity index (χ0) is 11.3. The molecule has 0 aliphatic heterocycles. The quantitative estimate of drug-likeness (QED) is 0.569. The summed E-state index contributed by atoms with van der Waals surface area (Å²) in [5, 5.41) is 15.8. The van der Waals surface area contributed by atoms with E-state index in [1.54, 1.807) is 19.2 Å². The van der Waals surface area contributed by atoms with E-state index in [1.807, 2.05) is 0 Å². The Morgan fingerprint density at radius 3 is 2.87 bits per heavy atom. The molecule has 15 heavy (non-hydrogen) atoms. The number of carboxylic acid groups (broad SMARTS) is 1. The summed E-state index contributed by atoms with van der Waals surface area (Å²) in [5.41, 5.74) is -0.101. The van der Waals surface area contributed by atoms with Crippen molar-refractivity contribution in [3.05, 3.63) is 30.4 Å². The minimum absolute atomic E-state index is 0.101. The van der Waals surface area contributed by atoms with E-state index in [1.165, 1.54) is 11.0 Å². The minimum Gasteiger partial charge on any atom is -0.477 e. The molecule has 6 nitrogen and oxygen atoms in total. The first-order valence-corrected chi connectivity index (χ1v) is 4.16. The van der Waals surface area contributed by atoms with E-state index in [-0.39, 0.29) is 5.69 Å². The summed E-state index contributed by atoms with van der Waals surface area (Å²) >= 11 is 0. The number of hydrogen-bond donors (Lipinski definition) is 2. The maximum atomic E-state index is 10.6. The Balaban J connectivity index is 3.08. The van der Waals surface area contributed by atoms with Gasteiger partial charge in [-0.15, -0.1) is 0 Å². The molecule has 0 atom stereocenters. The number of aromatic carboxylic acids is 1. The molecule has 78 valence electrons. The van der Waals surface area contributed by atoms with Gasteiger partial charge in [0.2, 0.25) is 0 Å². The molecule has 0 unspecified atom stereocenters. The zero-order valence-electron chi connectivity index (χ0n) is 8.08. The largest absolute Gasteiger partial charge is 0.477 e. The molecule has 0 bridgehead atoms. The summed E-state index contributed by atoms with van der Waals surface area (Å²) in [6, 6.07) is 1.30. The molecule has 1 rings (SSSR count). The van der Waals surface area contributed by atoms with Gasteiger partial charge in [0.25, 0.3) is 0 Å². The smallest absolute Gasteiger partial charge is 0.354 e. The first-order valence-electron chi connectivity index (χ1n) is 4.16. The van der Waals surface area contributed by atoms with Crippen molar-refractivity contribution >= 4 is 18.1 Å². The van der Waals surface area contributed by atoms with Crippen LogP contribution in [0.3, 0.4) is 0 Å².